The Morgan fingerprint density at radius 1 is 1.36 bits per heavy atom. The number of piperidine rings is 1. The number of hydrogen-bond acceptors (Lipinski definition) is 4. The average Bonchev–Trinajstić information content (AvgIpc) is 3.02. The van der Waals surface area contributed by atoms with Gasteiger partial charge in [0.1, 0.15) is 0 Å². The monoisotopic (exact) mass is 320 g/mol. The summed E-state index contributed by atoms with van der Waals surface area (Å²) in [5, 5.41) is 6.81. The van der Waals surface area contributed by atoms with Crippen LogP contribution in [0.25, 0.3) is 11.4 Å². The van der Waals surface area contributed by atoms with Crippen molar-refractivity contribution in [2.24, 2.45) is 5.92 Å². The van der Waals surface area contributed by atoms with Crippen LogP contribution in [0.15, 0.2) is 30.6 Å². The highest BCUT2D eigenvalue weighted by molar-refractivity contribution is 7.88. The zero-order chi connectivity index (χ0) is 15.6. The Morgan fingerprint density at radius 2 is 2.23 bits per heavy atom. The minimum absolute atomic E-state index is 0.364. The molecular formula is C15H20N4O2S. The first kappa shape index (κ1) is 15.2. The fourth-order valence-corrected chi connectivity index (χ4v) is 3.87. The standard InChI is InChI=1S/C15H20N4O2S/c1-22(20,21)19-8-2-3-13(11-19)9-12-4-5-14(16-10-12)15-6-7-17-18-15/h4-7,10,13H,2-3,8-9,11H2,1H3,(H,17,18)/t13-/m0/s1. The molecule has 6 nitrogen and oxygen atoms in total. The van der Waals surface area contributed by atoms with Gasteiger partial charge >= 0.3 is 0 Å². The van der Waals surface area contributed by atoms with Crippen LogP contribution < -0.4 is 0 Å². The van der Waals surface area contributed by atoms with Crippen LogP contribution in [0.2, 0.25) is 0 Å². The zero-order valence-electron chi connectivity index (χ0n) is 12.6. The number of hydrogen-bond donors (Lipinski definition) is 1. The van der Waals surface area contributed by atoms with Crippen molar-refractivity contribution in [3.63, 3.8) is 0 Å². The van der Waals surface area contributed by atoms with Crippen LogP contribution >= 0.6 is 0 Å². The second kappa shape index (κ2) is 6.18. The Labute approximate surface area is 130 Å². The molecule has 2 aromatic heterocycles. The van der Waals surface area contributed by atoms with Crippen LogP contribution in [0.3, 0.4) is 0 Å². The minimum atomic E-state index is -3.08. The lowest BCUT2D eigenvalue weighted by Gasteiger charge is -2.30. The SMILES string of the molecule is CS(=O)(=O)N1CCC[C@@H](Cc2ccc(-c3ccn[nH]3)nc2)C1. The summed E-state index contributed by atoms with van der Waals surface area (Å²) < 4.78 is 24.9. The Balaban J connectivity index is 1.66. The fourth-order valence-electron chi connectivity index (χ4n) is 2.93. The first-order valence-corrected chi connectivity index (χ1v) is 9.27. The largest absolute Gasteiger partial charge is 0.276 e. The maximum Gasteiger partial charge on any atom is 0.211 e. The van der Waals surface area contributed by atoms with Crippen molar-refractivity contribution in [1.29, 1.82) is 0 Å². The van der Waals surface area contributed by atoms with Crippen LogP contribution in [-0.4, -0.2) is 47.2 Å². The number of pyridine rings is 1. The molecule has 1 saturated heterocycles. The molecule has 0 spiro atoms. The summed E-state index contributed by atoms with van der Waals surface area (Å²) >= 11 is 0. The third-order valence-corrected chi connectivity index (χ3v) is 5.35. The summed E-state index contributed by atoms with van der Waals surface area (Å²) in [6.07, 6.45) is 7.71. The molecule has 1 fully saturated rings. The van der Waals surface area contributed by atoms with E-state index in [9.17, 15) is 8.42 Å². The fraction of sp³-hybridized carbons (Fsp3) is 0.467. The Bertz CT molecular complexity index is 711. The molecule has 0 radical (unpaired) electrons. The van der Waals surface area contributed by atoms with E-state index in [-0.39, 0.29) is 0 Å². The smallest absolute Gasteiger partial charge is 0.211 e. The summed E-state index contributed by atoms with van der Waals surface area (Å²) in [6, 6.07) is 5.91. The Kier molecular flexibility index (Phi) is 4.26. The summed E-state index contributed by atoms with van der Waals surface area (Å²) in [4.78, 5) is 4.45. The molecule has 0 amide bonds. The highest BCUT2D eigenvalue weighted by Gasteiger charge is 2.25. The molecule has 2 aromatic rings. The Morgan fingerprint density at radius 3 is 2.86 bits per heavy atom. The van der Waals surface area contributed by atoms with E-state index in [0.717, 1.165) is 36.2 Å². The predicted octanol–water partition coefficient (Wildman–Crippen LogP) is 1.69. The van der Waals surface area contributed by atoms with Crippen LogP contribution in [0.4, 0.5) is 0 Å². The lowest BCUT2D eigenvalue weighted by molar-refractivity contribution is 0.266. The summed E-state index contributed by atoms with van der Waals surface area (Å²) in [6.45, 7) is 1.26. The molecule has 1 aliphatic rings. The van der Waals surface area contributed by atoms with Gasteiger partial charge in [0, 0.05) is 25.5 Å². The molecule has 3 heterocycles. The van der Waals surface area contributed by atoms with Crippen molar-refractivity contribution in [2.45, 2.75) is 19.3 Å². The predicted molar refractivity (Wildman–Crippen MR) is 84.7 cm³/mol. The molecule has 0 aromatic carbocycles. The van der Waals surface area contributed by atoms with Gasteiger partial charge in [-0.2, -0.15) is 5.10 Å². The zero-order valence-corrected chi connectivity index (χ0v) is 13.4. The maximum absolute atomic E-state index is 11.7. The third kappa shape index (κ3) is 3.53. The molecule has 0 bridgehead atoms. The molecule has 1 N–H and O–H groups in total. The molecule has 1 atom stereocenters. The van der Waals surface area contributed by atoms with Crippen molar-refractivity contribution in [2.75, 3.05) is 19.3 Å². The number of sulfonamides is 1. The van der Waals surface area contributed by atoms with Gasteiger partial charge in [-0.3, -0.25) is 10.1 Å². The van der Waals surface area contributed by atoms with E-state index in [1.54, 1.807) is 10.5 Å². The molecule has 0 unspecified atom stereocenters. The highest BCUT2D eigenvalue weighted by atomic mass is 32.2. The van der Waals surface area contributed by atoms with E-state index in [2.05, 4.69) is 21.2 Å². The summed E-state index contributed by atoms with van der Waals surface area (Å²) in [5.74, 6) is 0.364. The van der Waals surface area contributed by atoms with Gasteiger partial charge < -0.3 is 0 Å². The highest BCUT2D eigenvalue weighted by Crippen LogP contribution is 2.23. The van der Waals surface area contributed by atoms with Gasteiger partial charge in [0.05, 0.1) is 17.6 Å². The van der Waals surface area contributed by atoms with Gasteiger partial charge in [-0.25, -0.2) is 12.7 Å². The van der Waals surface area contributed by atoms with Gasteiger partial charge in [-0.15, -0.1) is 0 Å². The Hall–Kier alpha value is -1.73. The van der Waals surface area contributed by atoms with Crippen molar-refractivity contribution < 1.29 is 8.42 Å². The van der Waals surface area contributed by atoms with E-state index in [4.69, 9.17) is 0 Å². The van der Waals surface area contributed by atoms with Crippen molar-refractivity contribution in [1.82, 2.24) is 19.5 Å². The lowest BCUT2D eigenvalue weighted by atomic mass is 9.93. The van der Waals surface area contributed by atoms with E-state index < -0.39 is 10.0 Å². The molecule has 7 heteroatoms. The number of rotatable bonds is 4. The quantitative estimate of drug-likeness (QED) is 0.929. The summed E-state index contributed by atoms with van der Waals surface area (Å²) in [5.41, 5.74) is 2.90. The second-order valence-corrected chi connectivity index (χ2v) is 7.84. The van der Waals surface area contributed by atoms with Crippen molar-refractivity contribution in [3.05, 3.63) is 36.2 Å². The molecule has 118 valence electrons. The molecule has 0 saturated carbocycles. The summed E-state index contributed by atoms with van der Waals surface area (Å²) in [7, 11) is -3.08. The topological polar surface area (TPSA) is 79.0 Å². The number of nitrogens with one attached hydrogen (secondary N) is 1. The number of nitrogens with zero attached hydrogens (tertiary/aromatic N) is 3. The van der Waals surface area contributed by atoms with E-state index in [1.165, 1.54) is 6.26 Å². The molecule has 22 heavy (non-hydrogen) atoms. The average molecular weight is 320 g/mol. The van der Waals surface area contributed by atoms with Gasteiger partial charge in [-0.1, -0.05) is 6.07 Å². The first-order valence-electron chi connectivity index (χ1n) is 7.42. The van der Waals surface area contributed by atoms with Gasteiger partial charge in [0.15, 0.2) is 0 Å². The third-order valence-electron chi connectivity index (χ3n) is 4.08. The normalized spacial score (nSPS) is 20.1. The van der Waals surface area contributed by atoms with Crippen LogP contribution in [-0.2, 0) is 16.4 Å². The number of aromatic nitrogens is 3. The first-order chi connectivity index (χ1) is 10.5. The molecule has 1 aliphatic heterocycles. The van der Waals surface area contributed by atoms with Crippen LogP contribution in [0, 0.1) is 5.92 Å². The van der Waals surface area contributed by atoms with Crippen molar-refractivity contribution in [3.8, 4) is 11.4 Å². The minimum Gasteiger partial charge on any atom is -0.276 e. The van der Waals surface area contributed by atoms with Crippen LogP contribution in [0.5, 0.6) is 0 Å². The molecule has 0 aliphatic carbocycles. The number of H-pyrrole nitrogens is 1. The number of aromatic amines is 1. The van der Waals surface area contributed by atoms with E-state index in [0.29, 0.717) is 19.0 Å². The van der Waals surface area contributed by atoms with Crippen LogP contribution in [0.1, 0.15) is 18.4 Å². The maximum atomic E-state index is 11.7. The van der Waals surface area contributed by atoms with Crippen molar-refractivity contribution >= 4 is 10.0 Å². The molecular weight excluding hydrogens is 300 g/mol. The van der Waals surface area contributed by atoms with Gasteiger partial charge in [0.25, 0.3) is 0 Å². The second-order valence-electron chi connectivity index (χ2n) is 5.86. The van der Waals surface area contributed by atoms with Gasteiger partial charge in [-0.05, 0) is 42.9 Å². The molecule has 3 rings (SSSR count). The van der Waals surface area contributed by atoms with E-state index in [1.807, 2.05) is 18.3 Å². The van der Waals surface area contributed by atoms with Gasteiger partial charge in [0.2, 0.25) is 10.0 Å². The van der Waals surface area contributed by atoms with E-state index >= 15 is 0 Å². The lowest BCUT2D eigenvalue weighted by Crippen LogP contribution is -2.39.